The molecule has 150 valence electrons. The van der Waals surface area contributed by atoms with Crippen LogP contribution < -0.4 is 5.32 Å². The zero-order valence-corrected chi connectivity index (χ0v) is 18.4. The fourth-order valence-electron chi connectivity index (χ4n) is 3.13. The third-order valence-corrected chi connectivity index (χ3v) is 8.10. The lowest BCUT2D eigenvalue weighted by molar-refractivity contribution is 0.262. The molecule has 1 heterocycles. The molecule has 6 nitrogen and oxygen atoms in total. The summed E-state index contributed by atoms with van der Waals surface area (Å²) in [5.41, 5.74) is 0.0522. The van der Waals surface area contributed by atoms with Gasteiger partial charge in [-0.15, -0.1) is 4.91 Å². The molecule has 0 spiro atoms. The number of benzene rings is 2. The lowest BCUT2D eigenvalue weighted by Gasteiger charge is -2.35. The van der Waals surface area contributed by atoms with Crippen molar-refractivity contribution in [3.63, 3.8) is 0 Å². The average Bonchev–Trinajstić information content (AvgIpc) is 2.64. The molecular weight excluding hydrogens is 441 g/mol. The second-order valence-electron chi connectivity index (χ2n) is 6.69. The van der Waals surface area contributed by atoms with E-state index >= 15 is 0 Å². The topological polar surface area (TPSA) is 78.8 Å². The average molecular weight is 460 g/mol. The summed E-state index contributed by atoms with van der Waals surface area (Å²) < 4.78 is 28.2. The molecule has 2 unspecified atom stereocenters. The van der Waals surface area contributed by atoms with E-state index in [9.17, 15) is 13.3 Å². The maximum atomic E-state index is 13.4. The minimum atomic E-state index is -3.84. The van der Waals surface area contributed by atoms with Crippen LogP contribution in [0.5, 0.6) is 0 Å². The maximum Gasteiger partial charge on any atom is 0.244 e. The third-order valence-electron chi connectivity index (χ3n) is 4.29. The zero-order valence-electron chi connectivity index (χ0n) is 15.2. The lowest BCUT2D eigenvalue weighted by atomic mass is 10.2. The number of nitrogens with zero attached hydrogens (tertiary/aromatic N) is 2. The van der Waals surface area contributed by atoms with Gasteiger partial charge in [-0.25, -0.2) is 8.42 Å². The minimum absolute atomic E-state index is 0.0179. The predicted molar refractivity (Wildman–Crippen MR) is 113 cm³/mol. The number of nitrogens with one attached hydrogen (secondary N) is 1. The summed E-state index contributed by atoms with van der Waals surface area (Å²) in [6.07, 6.45) is 0. The van der Waals surface area contributed by atoms with Crippen LogP contribution in [0.4, 0.5) is 5.69 Å². The second kappa shape index (κ2) is 8.69. The smallest absolute Gasteiger partial charge is 0.244 e. The van der Waals surface area contributed by atoms with Crippen LogP contribution in [0.3, 0.4) is 0 Å². The Bertz CT molecular complexity index is 992. The molecule has 1 aliphatic heterocycles. The van der Waals surface area contributed by atoms with Gasteiger partial charge in [-0.05, 0) is 55.4 Å². The van der Waals surface area contributed by atoms with Crippen molar-refractivity contribution in [2.45, 2.75) is 40.6 Å². The van der Waals surface area contributed by atoms with Crippen molar-refractivity contribution in [3.05, 3.63) is 51.4 Å². The highest BCUT2D eigenvalue weighted by molar-refractivity contribution is 8.00. The Morgan fingerprint density at radius 3 is 2.39 bits per heavy atom. The van der Waals surface area contributed by atoms with Gasteiger partial charge in [0.15, 0.2) is 0 Å². The van der Waals surface area contributed by atoms with Crippen LogP contribution in [0.1, 0.15) is 13.8 Å². The van der Waals surface area contributed by atoms with Crippen molar-refractivity contribution in [2.75, 3.05) is 13.1 Å². The van der Waals surface area contributed by atoms with Gasteiger partial charge in [0.25, 0.3) is 0 Å². The van der Waals surface area contributed by atoms with Crippen LogP contribution >= 0.6 is 35.0 Å². The van der Waals surface area contributed by atoms with Crippen LogP contribution in [0, 0.1) is 4.91 Å². The summed E-state index contributed by atoms with van der Waals surface area (Å²) in [5.74, 6) is 0. The first-order chi connectivity index (χ1) is 13.2. The Hall–Kier alpha value is -1.16. The molecule has 1 aliphatic rings. The summed E-state index contributed by atoms with van der Waals surface area (Å²) in [6, 6.07) is 9.38. The quantitative estimate of drug-likeness (QED) is 0.642. The van der Waals surface area contributed by atoms with Crippen molar-refractivity contribution < 1.29 is 8.42 Å². The Kier molecular flexibility index (Phi) is 6.69. The summed E-state index contributed by atoms with van der Waals surface area (Å²) in [5, 5.41) is 7.16. The van der Waals surface area contributed by atoms with Crippen molar-refractivity contribution >= 4 is 50.7 Å². The fourth-order valence-corrected chi connectivity index (χ4v) is 6.63. The number of hydrogen-bond acceptors (Lipinski definition) is 6. The molecule has 3 rings (SSSR count). The van der Waals surface area contributed by atoms with Gasteiger partial charge in [-0.3, -0.25) is 0 Å². The van der Waals surface area contributed by atoms with Crippen molar-refractivity contribution in [1.29, 1.82) is 0 Å². The first-order valence-electron chi connectivity index (χ1n) is 8.57. The van der Waals surface area contributed by atoms with Crippen molar-refractivity contribution in [1.82, 2.24) is 9.62 Å². The van der Waals surface area contributed by atoms with Crippen LogP contribution in [-0.2, 0) is 10.0 Å². The minimum Gasteiger partial charge on any atom is -0.309 e. The lowest BCUT2D eigenvalue weighted by Crippen LogP contribution is -2.55. The first-order valence-corrected chi connectivity index (χ1v) is 11.6. The predicted octanol–water partition coefficient (Wildman–Crippen LogP) is 4.91. The molecular formula is C18H19Cl2N3O3S2. The van der Waals surface area contributed by atoms with E-state index in [1.807, 2.05) is 13.8 Å². The molecule has 0 amide bonds. The highest BCUT2D eigenvalue weighted by atomic mass is 35.5. The van der Waals surface area contributed by atoms with E-state index in [2.05, 4.69) is 10.5 Å². The summed E-state index contributed by atoms with van der Waals surface area (Å²) >= 11 is 13.5. The van der Waals surface area contributed by atoms with Crippen molar-refractivity contribution in [3.8, 4) is 0 Å². The van der Waals surface area contributed by atoms with E-state index in [1.165, 1.54) is 28.2 Å². The van der Waals surface area contributed by atoms with Gasteiger partial charge in [0.05, 0.1) is 9.92 Å². The molecule has 28 heavy (non-hydrogen) atoms. The second-order valence-corrected chi connectivity index (χ2v) is 10.5. The van der Waals surface area contributed by atoms with Gasteiger partial charge in [-0.1, -0.05) is 35.0 Å². The van der Waals surface area contributed by atoms with Crippen LogP contribution in [0.15, 0.2) is 56.3 Å². The summed E-state index contributed by atoms with van der Waals surface area (Å²) in [7, 11) is -3.84. The third kappa shape index (κ3) is 4.69. The van der Waals surface area contributed by atoms with Gasteiger partial charge in [-0.2, -0.15) is 4.31 Å². The standard InChI is InChI=1S/C18H19Cl2N3O3S2/c1-11-9-23(10-12(2)21-11)28(25,26)18-8-14(22-24)4-6-16(18)27-17-7-13(19)3-5-15(17)20/h3-8,11-12,21H,9-10H2,1-2H3. The van der Waals surface area contributed by atoms with Gasteiger partial charge in [0, 0.05) is 40.0 Å². The molecule has 10 heteroatoms. The first kappa shape index (κ1) is 21.5. The number of piperazine rings is 1. The fraction of sp³-hybridized carbons (Fsp3) is 0.333. The SMILES string of the molecule is CC1CN(S(=O)(=O)c2cc(N=O)ccc2Sc2cc(Cl)ccc2Cl)CC(C)N1. The Morgan fingerprint density at radius 1 is 1.07 bits per heavy atom. The number of halogens is 2. The van der Waals surface area contributed by atoms with Gasteiger partial charge >= 0.3 is 0 Å². The van der Waals surface area contributed by atoms with E-state index in [0.717, 1.165) is 0 Å². The van der Waals surface area contributed by atoms with E-state index in [-0.39, 0.29) is 22.7 Å². The number of sulfonamides is 1. The number of nitroso groups, excluding NO2 is 1. The van der Waals surface area contributed by atoms with E-state index < -0.39 is 10.0 Å². The van der Waals surface area contributed by atoms with E-state index in [4.69, 9.17) is 23.2 Å². The Morgan fingerprint density at radius 2 is 1.75 bits per heavy atom. The van der Waals surface area contributed by atoms with Crippen molar-refractivity contribution in [2.24, 2.45) is 5.18 Å². The van der Waals surface area contributed by atoms with Gasteiger partial charge in [0.2, 0.25) is 10.0 Å². The van der Waals surface area contributed by atoms with Gasteiger partial charge < -0.3 is 5.32 Å². The molecule has 1 saturated heterocycles. The highest BCUT2D eigenvalue weighted by Crippen LogP contribution is 2.40. The maximum absolute atomic E-state index is 13.4. The molecule has 2 atom stereocenters. The van der Waals surface area contributed by atoms with Crippen LogP contribution in [-0.4, -0.2) is 37.9 Å². The Labute approximate surface area is 178 Å². The van der Waals surface area contributed by atoms with E-state index in [0.29, 0.717) is 32.9 Å². The molecule has 1 fully saturated rings. The molecule has 0 aliphatic carbocycles. The Balaban J connectivity index is 2.06. The van der Waals surface area contributed by atoms with Crippen LogP contribution in [0.25, 0.3) is 0 Å². The molecule has 0 saturated carbocycles. The van der Waals surface area contributed by atoms with E-state index in [1.54, 1.807) is 24.3 Å². The monoisotopic (exact) mass is 459 g/mol. The largest absolute Gasteiger partial charge is 0.309 e. The molecule has 1 N–H and O–H groups in total. The molecule has 0 aromatic heterocycles. The number of rotatable bonds is 5. The summed E-state index contributed by atoms with van der Waals surface area (Å²) in [6.45, 7) is 4.55. The highest BCUT2D eigenvalue weighted by Gasteiger charge is 2.33. The molecule has 2 aromatic carbocycles. The molecule has 0 radical (unpaired) electrons. The molecule has 2 aromatic rings. The molecule has 0 bridgehead atoms. The normalized spacial score (nSPS) is 20.9. The van der Waals surface area contributed by atoms with Gasteiger partial charge in [0.1, 0.15) is 5.69 Å². The van der Waals surface area contributed by atoms with Crippen LogP contribution in [0.2, 0.25) is 10.0 Å². The number of hydrogen-bond donors (Lipinski definition) is 1. The summed E-state index contributed by atoms with van der Waals surface area (Å²) in [4.78, 5) is 12.1. The zero-order chi connectivity index (χ0) is 20.5.